The zero-order valence-corrected chi connectivity index (χ0v) is 13.9. The second kappa shape index (κ2) is 8.90. The van der Waals surface area contributed by atoms with E-state index in [9.17, 15) is 4.79 Å². The molecule has 4 nitrogen and oxygen atoms in total. The van der Waals surface area contributed by atoms with Crippen LogP contribution >= 0.6 is 12.2 Å². The van der Waals surface area contributed by atoms with E-state index in [4.69, 9.17) is 17.0 Å². The standard InChI is InChI=1S/C18H20N2O2S/c1-14(21)19-18(23)20-16-9-11-17(12-10-16)22-13-5-8-15-6-3-2-4-7-15/h2-4,6-7,9-12H,5,8,13H2,1H3,(H2,19,20,21,23). The fraction of sp³-hybridized carbons (Fsp3) is 0.222. The smallest absolute Gasteiger partial charge is 0.222 e. The molecule has 0 radical (unpaired) electrons. The van der Waals surface area contributed by atoms with E-state index in [1.807, 2.05) is 42.5 Å². The quantitative estimate of drug-likeness (QED) is 0.629. The maximum Gasteiger partial charge on any atom is 0.222 e. The number of carbonyl (C=O) groups excluding carboxylic acids is 1. The number of carbonyl (C=O) groups is 1. The van der Waals surface area contributed by atoms with Crippen LogP contribution in [0.1, 0.15) is 18.9 Å². The Hall–Kier alpha value is -2.40. The Morgan fingerprint density at radius 2 is 1.78 bits per heavy atom. The third kappa shape index (κ3) is 6.48. The predicted octanol–water partition coefficient (Wildman–Crippen LogP) is 3.53. The Kier molecular flexibility index (Phi) is 6.56. The van der Waals surface area contributed by atoms with E-state index < -0.39 is 0 Å². The molecular formula is C18H20N2O2S. The highest BCUT2D eigenvalue weighted by molar-refractivity contribution is 7.80. The van der Waals surface area contributed by atoms with Crippen LogP contribution in [0.15, 0.2) is 54.6 Å². The highest BCUT2D eigenvalue weighted by Gasteiger charge is 2.00. The molecule has 0 spiro atoms. The van der Waals surface area contributed by atoms with Crippen molar-refractivity contribution in [3.8, 4) is 5.75 Å². The van der Waals surface area contributed by atoms with Crippen LogP contribution in [0.25, 0.3) is 0 Å². The van der Waals surface area contributed by atoms with Gasteiger partial charge >= 0.3 is 0 Å². The molecule has 2 N–H and O–H groups in total. The molecule has 0 fully saturated rings. The minimum atomic E-state index is -0.194. The number of anilines is 1. The van der Waals surface area contributed by atoms with E-state index in [-0.39, 0.29) is 11.0 Å². The van der Waals surface area contributed by atoms with Crippen LogP contribution in [-0.2, 0) is 11.2 Å². The number of aryl methyl sites for hydroxylation is 1. The first-order valence-corrected chi connectivity index (χ1v) is 7.89. The van der Waals surface area contributed by atoms with Crippen LogP contribution in [0.2, 0.25) is 0 Å². The third-order valence-electron chi connectivity index (χ3n) is 3.12. The number of nitrogens with one attached hydrogen (secondary N) is 2. The molecule has 0 unspecified atom stereocenters. The SMILES string of the molecule is CC(=O)NC(=S)Nc1ccc(OCCCc2ccccc2)cc1. The van der Waals surface area contributed by atoms with Crippen molar-refractivity contribution < 1.29 is 9.53 Å². The van der Waals surface area contributed by atoms with Crippen LogP contribution in [0, 0.1) is 0 Å². The monoisotopic (exact) mass is 328 g/mol. The molecule has 23 heavy (non-hydrogen) atoms. The molecule has 0 aliphatic heterocycles. The van der Waals surface area contributed by atoms with Crippen molar-refractivity contribution in [3.63, 3.8) is 0 Å². The van der Waals surface area contributed by atoms with Crippen molar-refractivity contribution in [2.24, 2.45) is 0 Å². The van der Waals surface area contributed by atoms with Crippen LogP contribution in [0.4, 0.5) is 5.69 Å². The van der Waals surface area contributed by atoms with Gasteiger partial charge in [0.1, 0.15) is 5.75 Å². The maximum atomic E-state index is 10.9. The first-order chi connectivity index (χ1) is 11.1. The summed E-state index contributed by atoms with van der Waals surface area (Å²) in [7, 11) is 0. The molecule has 0 aliphatic carbocycles. The topological polar surface area (TPSA) is 50.4 Å². The molecule has 120 valence electrons. The molecule has 0 bridgehead atoms. The van der Waals surface area contributed by atoms with Crippen LogP contribution in [0.3, 0.4) is 0 Å². The predicted molar refractivity (Wildman–Crippen MR) is 96.7 cm³/mol. The molecule has 2 aromatic carbocycles. The van der Waals surface area contributed by atoms with Gasteiger partial charge in [-0.25, -0.2) is 0 Å². The minimum absolute atomic E-state index is 0.194. The fourth-order valence-electron chi connectivity index (χ4n) is 2.07. The molecule has 0 aliphatic rings. The van der Waals surface area contributed by atoms with Gasteiger partial charge in [0.25, 0.3) is 0 Å². The molecule has 0 saturated heterocycles. The molecule has 0 heterocycles. The zero-order chi connectivity index (χ0) is 16.5. The van der Waals surface area contributed by atoms with Gasteiger partial charge in [0.05, 0.1) is 6.61 Å². The third-order valence-corrected chi connectivity index (χ3v) is 3.33. The van der Waals surface area contributed by atoms with Crippen molar-refractivity contribution in [2.45, 2.75) is 19.8 Å². The molecule has 0 saturated carbocycles. The normalized spacial score (nSPS) is 9.96. The van der Waals surface area contributed by atoms with Crippen molar-refractivity contribution in [3.05, 3.63) is 60.2 Å². The van der Waals surface area contributed by atoms with Crippen molar-refractivity contribution in [2.75, 3.05) is 11.9 Å². The first-order valence-electron chi connectivity index (χ1n) is 7.49. The lowest BCUT2D eigenvalue weighted by Gasteiger charge is -2.10. The number of thiocarbonyl (C=S) groups is 1. The van der Waals surface area contributed by atoms with Gasteiger partial charge in [-0.05, 0) is 54.9 Å². The number of hydrogen-bond acceptors (Lipinski definition) is 3. The summed E-state index contributed by atoms with van der Waals surface area (Å²) >= 11 is 5.00. The number of amides is 1. The molecule has 5 heteroatoms. The highest BCUT2D eigenvalue weighted by atomic mass is 32.1. The average Bonchev–Trinajstić information content (AvgIpc) is 2.53. The van der Waals surface area contributed by atoms with Gasteiger partial charge in [-0.3, -0.25) is 4.79 Å². The minimum Gasteiger partial charge on any atom is -0.494 e. The van der Waals surface area contributed by atoms with Gasteiger partial charge < -0.3 is 15.4 Å². The summed E-state index contributed by atoms with van der Waals surface area (Å²) in [5, 5.41) is 5.73. The summed E-state index contributed by atoms with van der Waals surface area (Å²) in [6.07, 6.45) is 1.97. The zero-order valence-electron chi connectivity index (χ0n) is 13.0. The van der Waals surface area contributed by atoms with Gasteiger partial charge in [-0.1, -0.05) is 30.3 Å². The molecule has 2 rings (SSSR count). The van der Waals surface area contributed by atoms with Gasteiger partial charge in [-0.15, -0.1) is 0 Å². The van der Waals surface area contributed by atoms with Gasteiger partial charge in [0, 0.05) is 12.6 Å². The number of rotatable bonds is 6. The van der Waals surface area contributed by atoms with Gasteiger partial charge in [0.15, 0.2) is 5.11 Å². The Morgan fingerprint density at radius 3 is 2.43 bits per heavy atom. The average molecular weight is 328 g/mol. The van der Waals surface area contributed by atoms with Crippen molar-refractivity contribution in [1.82, 2.24) is 5.32 Å². The molecular weight excluding hydrogens is 308 g/mol. The summed E-state index contributed by atoms with van der Waals surface area (Å²) in [4.78, 5) is 10.9. The summed E-state index contributed by atoms with van der Waals surface area (Å²) in [6.45, 7) is 2.09. The largest absolute Gasteiger partial charge is 0.494 e. The van der Waals surface area contributed by atoms with E-state index in [1.165, 1.54) is 12.5 Å². The van der Waals surface area contributed by atoms with Crippen LogP contribution in [-0.4, -0.2) is 17.6 Å². The van der Waals surface area contributed by atoms with Gasteiger partial charge in [-0.2, -0.15) is 0 Å². The van der Waals surface area contributed by atoms with E-state index in [0.717, 1.165) is 24.3 Å². The van der Waals surface area contributed by atoms with Gasteiger partial charge in [0.2, 0.25) is 5.91 Å². The van der Waals surface area contributed by atoms with Crippen molar-refractivity contribution >= 4 is 28.9 Å². The number of ether oxygens (including phenoxy) is 1. The molecule has 0 atom stereocenters. The molecule has 2 aromatic rings. The van der Waals surface area contributed by atoms with E-state index in [1.54, 1.807) is 0 Å². The Balaban J connectivity index is 1.72. The molecule has 1 amide bonds. The highest BCUT2D eigenvalue weighted by Crippen LogP contribution is 2.16. The van der Waals surface area contributed by atoms with Crippen LogP contribution < -0.4 is 15.4 Å². The Morgan fingerprint density at radius 1 is 1.09 bits per heavy atom. The summed E-state index contributed by atoms with van der Waals surface area (Å²) < 4.78 is 5.72. The number of hydrogen-bond donors (Lipinski definition) is 2. The first kappa shape index (κ1) is 17.0. The number of benzene rings is 2. The lowest BCUT2D eigenvalue weighted by atomic mass is 10.1. The maximum absolute atomic E-state index is 10.9. The van der Waals surface area contributed by atoms with E-state index >= 15 is 0 Å². The summed E-state index contributed by atoms with van der Waals surface area (Å²) in [5.74, 6) is 0.620. The second-order valence-corrected chi connectivity index (χ2v) is 5.51. The second-order valence-electron chi connectivity index (χ2n) is 5.10. The van der Waals surface area contributed by atoms with E-state index in [0.29, 0.717) is 6.61 Å². The Labute approximate surface area is 141 Å². The molecule has 0 aromatic heterocycles. The Bertz CT molecular complexity index is 642. The van der Waals surface area contributed by atoms with E-state index in [2.05, 4.69) is 22.8 Å². The lowest BCUT2D eigenvalue weighted by molar-refractivity contribution is -0.117. The lowest BCUT2D eigenvalue weighted by Crippen LogP contribution is -2.32. The summed E-state index contributed by atoms with van der Waals surface area (Å²) in [6, 6.07) is 17.8. The summed E-state index contributed by atoms with van der Waals surface area (Å²) in [5.41, 5.74) is 2.13. The fourth-order valence-corrected chi connectivity index (χ4v) is 2.33. The van der Waals surface area contributed by atoms with Crippen molar-refractivity contribution in [1.29, 1.82) is 0 Å². The van der Waals surface area contributed by atoms with Crippen LogP contribution in [0.5, 0.6) is 5.75 Å².